The smallest absolute Gasteiger partial charge is 0.159 e. The maximum Gasteiger partial charge on any atom is 0.159 e. The van der Waals surface area contributed by atoms with E-state index in [1.807, 2.05) is 0 Å². The number of benzene rings is 1. The quantitative estimate of drug-likeness (QED) is 0.677. The van der Waals surface area contributed by atoms with Crippen LogP contribution in [0, 0.1) is 11.6 Å². The number of allylic oxidation sites excluding steroid dienone is 1. The molecule has 0 bridgehead atoms. The SMILES string of the molecule is Nc1c(NCCC2=CCCCC2)ncnc1Nc1ccc(F)cc1F. The maximum atomic E-state index is 13.8. The van der Waals surface area contributed by atoms with Gasteiger partial charge < -0.3 is 16.4 Å². The normalized spacial score (nSPS) is 14.1. The van der Waals surface area contributed by atoms with Gasteiger partial charge in [0, 0.05) is 12.6 Å². The monoisotopic (exact) mass is 345 g/mol. The fraction of sp³-hybridized carbons (Fsp3) is 0.333. The molecule has 0 fully saturated rings. The summed E-state index contributed by atoms with van der Waals surface area (Å²) < 4.78 is 26.8. The zero-order valence-corrected chi connectivity index (χ0v) is 13.9. The van der Waals surface area contributed by atoms with Crippen LogP contribution < -0.4 is 16.4 Å². The molecule has 2 aromatic rings. The summed E-state index contributed by atoms with van der Waals surface area (Å²) in [4.78, 5) is 8.18. The minimum Gasteiger partial charge on any atom is -0.393 e. The summed E-state index contributed by atoms with van der Waals surface area (Å²) in [6, 6.07) is 3.27. The largest absolute Gasteiger partial charge is 0.393 e. The predicted molar refractivity (Wildman–Crippen MR) is 95.7 cm³/mol. The van der Waals surface area contributed by atoms with E-state index in [0.717, 1.165) is 31.9 Å². The van der Waals surface area contributed by atoms with Gasteiger partial charge in [0.05, 0.1) is 5.69 Å². The molecule has 1 aliphatic carbocycles. The Morgan fingerprint density at radius 2 is 1.96 bits per heavy atom. The van der Waals surface area contributed by atoms with Gasteiger partial charge in [-0.2, -0.15) is 0 Å². The summed E-state index contributed by atoms with van der Waals surface area (Å²) in [7, 11) is 0. The highest BCUT2D eigenvalue weighted by molar-refractivity contribution is 5.77. The molecule has 4 N–H and O–H groups in total. The summed E-state index contributed by atoms with van der Waals surface area (Å²) >= 11 is 0. The number of rotatable bonds is 6. The fourth-order valence-electron chi connectivity index (χ4n) is 2.83. The second-order valence-electron chi connectivity index (χ2n) is 6.02. The van der Waals surface area contributed by atoms with Crippen LogP contribution in [0.2, 0.25) is 0 Å². The molecule has 132 valence electrons. The molecule has 3 rings (SSSR count). The van der Waals surface area contributed by atoms with Crippen molar-refractivity contribution in [1.29, 1.82) is 0 Å². The van der Waals surface area contributed by atoms with Crippen LogP contribution in [0.1, 0.15) is 32.1 Å². The van der Waals surface area contributed by atoms with Crippen molar-refractivity contribution in [3.63, 3.8) is 0 Å². The molecule has 0 radical (unpaired) electrons. The number of anilines is 4. The third kappa shape index (κ3) is 4.43. The average molecular weight is 345 g/mol. The molecule has 1 aliphatic rings. The third-order valence-corrected chi connectivity index (χ3v) is 4.19. The van der Waals surface area contributed by atoms with Gasteiger partial charge in [-0.3, -0.25) is 0 Å². The molecule has 0 aliphatic heterocycles. The van der Waals surface area contributed by atoms with E-state index in [1.54, 1.807) is 0 Å². The summed E-state index contributed by atoms with van der Waals surface area (Å²) in [5.74, 6) is -0.578. The van der Waals surface area contributed by atoms with Gasteiger partial charge in [-0.25, -0.2) is 18.7 Å². The minimum absolute atomic E-state index is 0.102. The highest BCUT2D eigenvalue weighted by Gasteiger charge is 2.11. The first kappa shape index (κ1) is 17.1. The number of aromatic nitrogens is 2. The number of nitrogens with two attached hydrogens (primary N) is 1. The molecule has 25 heavy (non-hydrogen) atoms. The van der Waals surface area contributed by atoms with Crippen LogP contribution in [0.5, 0.6) is 0 Å². The Balaban J connectivity index is 1.66. The van der Waals surface area contributed by atoms with Crippen LogP contribution in [0.3, 0.4) is 0 Å². The fourth-order valence-corrected chi connectivity index (χ4v) is 2.83. The molecule has 0 spiro atoms. The summed E-state index contributed by atoms with van der Waals surface area (Å²) in [6.45, 7) is 0.720. The number of nitrogens with zero attached hydrogens (tertiary/aromatic N) is 2. The van der Waals surface area contributed by atoms with Crippen LogP contribution in [0.25, 0.3) is 0 Å². The van der Waals surface area contributed by atoms with E-state index >= 15 is 0 Å². The zero-order chi connectivity index (χ0) is 17.6. The second-order valence-corrected chi connectivity index (χ2v) is 6.02. The van der Waals surface area contributed by atoms with E-state index in [2.05, 4.69) is 26.7 Å². The number of hydrogen-bond acceptors (Lipinski definition) is 5. The van der Waals surface area contributed by atoms with Gasteiger partial charge in [-0.05, 0) is 44.2 Å². The van der Waals surface area contributed by atoms with Gasteiger partial charge in [0.1, 0.15) is 23.6 Å². The van der Waals surface area contributed by atoms with Crippen molar-refractivity contribution in [2.45, 2.75) is 32.1 Å². The Labute approximate surface area is 145 Å². The van der Waals surface area contributed by atoms with Crippen LogP contribution in [-0.4, -0.2) is 16.5 Å². The molecule has 0 unspecified atom stereocenters. The number of hydrogen-bond donors (Lipinski definition) is 3. The third-order valence-electron chi connectivity index (χ3n) is 4.19. The van der Waals surface area contributed by atoms with E-state index in [4.69, 9.17) is 5.73 Å². The van der Waals surface area contributed by atoms with Gasteiger partial charge in [0.2, 0.25) is 0 Å². The molecule has 0 saturated heterocycles. The lowest BCUT2D eigenvalue weighted by Gasteiger charge is -2.15. The van der Waals surface area contributed by atoms with Crippen LogP contribution >= 0.6 is 0 Å². The lowest BCUT2D eigenvalue weighted by atomic mass is 9.97. The average Bonchev–Trinajstić information content (AvgIpc) is 2.61. The Kier molecular flexibility index (Phi) is 5.42. The minimum atomic E-state index is -0.711. The topological polar surface area (TPSA) is 75.9 Å². The molecule has 7 heteroatoms. The van der Waals surface area contributed by atoms with Gasteiger partial charge in [0.25, 0.3) is 0 Å². The number of halogens is 2. The van der Waals surface area contributed by atoms with Crippen molar-refractivity contribution < 1.29 is 8.78 Å². The lowest BCUT2D eigenvalue weighted by Crippen LogP contribution is -2.10. The first-order valence-electron chi connectivity index (χ1n) is 8.38. The molecular formula is C18H21F2N5. The Morgan fingerprint density at radius 1 is 1.12 bits per heavy atom. The molecule has 0 atom stereocenters. The molecular weight excluding hydrogens is 324 g/mol. The van der Waals surface area contributed by atoms with Crippen molar-refractivity contribution in [1.82, 2.24) is 9.97 Å². The van der Waals surface area contributed by atoms with Crippen LogP contribution in [0.4, 0.5) is 31.8 Å². The van der Waals surface area contributed by atoms with Crippen LogP contribution in [-0.2, 0) is 0 Å². The molecule has 0 saturated carbocycles. The standard InChI is InChI=1S/C18H21F2N5/c19-13-6-7-15(14(20)10-13)25-18-16(21)17(23-11-24-18)22-9-8-12-4-2-1-3-5-12/h4,6-7,10-11H,1-3,5,8-9,21H2,(H2,22,23,24,25). The van der Waals surface area contributed by atoms with Gasteiger partial charge in [-0.15, -0.1) is 0 Å². The Hall–Kier alpha value is -2.70. The highest BCUT2D eigenvalue weighted by atomic mass is 19.1. The van der Waals surface area contributed by atoms with E-state index in [1.165, 1.54) is 36.9 Å². The first-order chi connectivity index (χ1) is 12.1. The number of nitrogens with one attached hydrogen (secondary N) is 2. The Bertz CT molecular complexity index is 776. The van der Waals surface area contributed by atoms with Crippen molar-refractivity contribution in [3.05, 3.63) is 47.8 Å². The van der Waals surface area contributed by atoms with E-state index < -0.39 is 11.6 Å². The van der Waals surface area contributed by atoms with Gasteiger partial charge >= 0.3 is 0 Å². The predicted octanol–water partition coefficient (Wildman–Crippen LogP) is 4.38. The molecule has 1 aromatic heterocycles. The van der Waals surface area contributed by atoms with Crippen molar-refractivity contribution >= 4 is 23.0 Å². The van der Waals surface area contributed by atoms with Crippen LogP contribution in [0.15, 0.2) is 36.2 Å². The van der Waals surface area contributed by atoms with Gasteiger partial charge in [0.15, 0.2) is 11.6 Å². The maximum absolute atomic E-state index is 13.8. The molecule has 5 nitrogen and oxygen atoms in total. The lowest BCUT2D eigenvalue weighted by molar-refractivity contribution is 0.586. The first-order valence-corrected chi connectivity index (χ1v) is 8.38. The highest BCUT2D eigenvalue weighted by Crippen LogP contribution is 2.27. The van der Waals surface area contributed by atoms with E-state index in [-0.39, 0.29) is 11.5 Å². The Morgan fingerprint density at radius 3 is 2.72 bits per heavy atom. The summed E-state index contributed by atoms with van der Waals surface area (Å²) in [6.07, 6.45) is 9.42. The van der Waals surface area contributed by atoms with Gasteiger partial charge in [-0.1, -0.05) is 11.6 Å². The molecule has 0 amide bonds. The second kappa shape index (κ2) is 7.92. The van der Waals surface area contributed by atoms with Crippen molar-refractivity contribution in [2.24, 2.45) is 0 Å². The van der Waals surface area contributed by atoms with Crippen molar-refractivity contribution in [2.75, 3.05) is 22.9 Å². The molecule has 1 heterocycles. The summed E-state index contributed by atoms with van der Waals surface area (Å²) in [5.41, 5.74) is 7.92. The zero-order valence-electron chi connectivity index (χ0n) is 13.9. The summed E-state index contributed by atoms with van der Waals surface area (Å²) in [5, 5.41) is 5.98. The number of nitrogen functional groups attached to an aromatic ring is 1. The van der Waals surface area contributed by atoms with Crippen molar-refractivity contribution in [3.8, 4) is 0 Å². The van der Waals surface area contributed by atoms with E-state index in [0.29, 0.717) is 11.5 Å². The van der Waals surface area contributed by atoms with E-state index in [9.17, 15) is 8.78 Å². The molecule has 1 aromatic carbocycles.